The average Bonchev–Trinajstić information content (AvgIpc) is 2.97. The first kappa shape index (κ1) is 15.0. The van der Waals surface area contributed by atoms with E-state index in [1.54, 1.807) is 0 Å². The lowest BCUT2D eigenvalue weighted by molar-refractivity contribution is 0.0468. The molecule has 0 aromatic carbocycles. The van der Waals surface area contributed by atoms with Gasteiger partial charge in [-0.15, -0.1) is 0 Å². The quantitative estimate of drug-likeness (QED) is 0.826. The van der Waals surface area contributed by atoms with Gasteiger partial charge in [-0.2, -0.15) is 0 Å². The van der Waals surface area contributed by atoms with Crippen LogP contribution in [0.3, 0.4) is 0 Å². The third-order valence-electron chi connectivity index (χ3n) is 3.42. The monoisotopic (exact) mass is 302 g/mol. The number of aliphatic hydroxyl groups excluding tert-OH is 1. The number of rotatable bonds is 4. The largest absolute Gasteiger partial charge is 0.438 e. The topological polar surface area (TPSA) is 99.9 Å². The van der Waals surface area contributed by atoms with Gasteiger partial charge in [0.25, 0.3) is 15.9 Å². The van der Waals surface area contributed by atoms with Gasteiger partial charge >= 0.3 is 0 Å². The maximum atomic E-state index is 12.3. The van der Waals surface area contributed by atoms with Crippen LogP contribution in [0.25, 0.3) is 0 Å². The Labute approximate surface area is 117 Å². The molecule has 20 heavy (non-hydrogen) atoms. The van der Waals surface area contributed by atoms with Crippen LogP contribution in [0.4, 0.5) is 0 Å². The van der Waals surface area contributed by atoms with Crippen molar-refractivity contribution in [2.75, 3.05) is 20.2 Å². The minimum absolute atomic E-state index is 0.0285. The summed E-state index contributed by atoms with van der Waals surface area (Å²) in [5.74, 6) is -0.416. The summed E-state index contributed by atoms with van der Waals surface area (Å²) in [6, 6.07) is 2.36. The second-order valence-corrected chi connectivity index (χ2v) is 6.47. The lowest BCUT2D eigenvalue weighted by Gasteiger charge is -2.33. The smallest absolute Gasteiger partial charge is 0.289 e. The molecule has 1 aromatic heterocycles. The number of hydrogen-bond acceptors (Lipinski definition) is 5. The predicted molar refractivity (Wildman–Crippen MR) is 70.7 cm³/mol. The molecule has 2 heterocycles. The van der Waals surface area contributed by atoms with Gasteiger partial charge in [-0.25, -0.2) is 13.1 Å². The molecule has 7 nitrogen and oxygen atoms in total. The molecule has 8 heteroatoms. The zero-order chi connectivity index (χ0) is 14.8. The molecular formula is C12H18N2O5S. The van der Waals surface area contributed by atoms with E-state index in [2.05, 4.69) is 4.72 Å². The van der Waals surface area contributed by atoms with Crippen LogP contribution < -0.4 is 4.72 Å². The van der Waals surface area contributed by atoms with Crippen LogP contribution in [0.15, 0.2) is 21.6 Å². The fraction of sp³-hybridized carbons (Fsp3) is 0.583. The number of carbonyl (C=O) groups excluding carboxylic acids is 1. The molecule has 1 saturated heterocycles. The summed E-state index contributed by atoms with van der Waals surface area (Å²) in [7, 11) is -2.43. The van der Waals surface area contributed by atoms with E-state index in [1.165, 1.54) is 24.1 Å². The Kier molecular flexibility index (Phi) is 4.46. The van der Waals surface area contributed by atoms with Gasteiger partial charge in [-0.1, -0.05) is 0 Å². The van der Waals surface area contributed by atoms with E-state index in [4.69, 9.17) is 4.42 Å². The summed E-state index contributed by atoms with van der Waals surface area (Å²) in [4.78, 5) is 13.8. The molecule has 112 valence electrons. The minimum Gasteiger partial charge on any atom is -0.438 e. The lowest BCUT2D eigenvalue weighted by atomic mass is 10.0. The highest BCUT2D eigenvalue weighted by Crippen LogP contribution is 2.21. The Balaban J connectivity index is 2.21. The van der Waals surface area contributed by atoms with Gasteiger partial charge in [0, 0.05) is 6.54 Å². The maximum Gasteiger partial charge on any atom is 0.289 e. The summed E-state index contributed by atoms with van der Waals surface area (Å²) in [5.41, 5.74) is 0. The first-order chi connectivity index (χ1) is 9.49. The number of piperidine rings is 1. The van der Waals surface area contributed by atoms with Crippen molar-refractivity contribution in [3.8, 4) is 0 Å². The summed E-state index contributed by atoms with van der Waals surface area (Å²) in [5, 5.41) is 9.01. The van der Waals surface area contributed by atoms with Gasteiger partial charge in [0.15, 0.2) is 5.76 Å². The highest BCUT2D eigenvalue weighted by Gasteiger charge is 2.29. The van der Waals surface area contributed by atoms with Crippen molar-refractivity contribution >= 4 is 15.9 Å². The first-order valence-electron chi connectivity index (χ1n) is 6.45. The van der Waals surface area contributed by atoms with Crippen molar-refractivity contribution < 1.29 is 22.7 Å². The second kappa shape index (κ2) is 5.94. The van der Waals surface area contributed by atoms with Gasteiger partial charge in [0.1, 0.15) is 0 Å². The van der Waals surface area contributed by atoms with Gasteiger partial charge < -0.3 is 14.4 Å². The Morgan fingerprint density at radius 3 is 2.90 bits per heavy atom. The molecular weight excluding hydrogens is 284 g/mol. The Morgan fingerprint density at radius 2 is 2.25 bits per heavy atom. The Hall–Kier alpha value is -1.38. The molecule has 1 aliphatic rings. The zero-order valence-corrected chi connectivity index (χ0v) is 12.0. The normalized spacial score (nSPS) is 20.1. The number of amides is 1. The van der Waals surface area contributed by atoms with E-state index in [9.17, 15) is 18.3 Å². The molecule has 0 radical (unpaired) electrons. The molecule has 1 fully saturated rings. The van der Waals surface area contributed by atoms with Gasteiger partial charge in [0.05, 0.1) is 12.6 Å². The van der Waals surface area contributed by atoms with Crippen LogP contribution in [0.2, 0.25) is 0 Å². The number of nitrogens with zero attached hydrogens (tertiary/aromatic N) is 1. The molecule has 1 aromatic rings. The first-order valence-corrected chi connectivity index (χ1v) is 7.93. The molecule has 1 atom stereocenters. The van der Waals surface area contributed by atoms with E-state index < -0.39 is 10.0 Å². The number of nitrogens with one attached hydrogen (secondary N) is 1. The molecule has 1 aliphatic heterocycles. The third kappa shape index (κ3) is 2.87. The van der Waals surface area contributed by atoms with E-state index in [1.807, 2.05) is 0 Å². The van der Waals surface area contributed by atoms with Crippen molar-refractivity contribution in [3.05, 3.63) is 17.9 Å². The van der Waals surface area contributed by atoms with Crippen molar-refractivity contribution in [3.63, 3.8) is 0 Å². The fourth-order valence-electron chi connectivity index (χ4n) is 2.28. The Morgan fingerprint density at radius 1 is 1.50 bits per heavy atom. The molecule has 0 saturated carbocycles. The molecule has 1 amide bonds. The van der Waals surface area contributed by atoms with Crippen molar-refractivity contribution in [2.24, 2.45) is 0 Å². The summed E-state index contributed by atoms with van der Waals surface area (Å²) < 4.78 is 30.4. The minimum atomic E-state index is -3.70. The highest BCUT2D eigenvalue weighted by atomic mass is 32.2. The second-order valence-electron chi connectivity index (χ2n) is 4.66. The van der Waals surface area contributed by atoms with Crippen LogP contribution in [0, 0.1) is 0 Å². The maximum absolute atomic E-state index is 12.3. The molecule has 2 rings (SSSR count). The fourth-order valence-corrected chi connectivity index (χ4v) is 2.93. The van der Waals surface area contributed by atoms with Crippen LogP contribution >= 0.6 is 0 Å². The Bertz CT molecular complexity index is 580. The summed E-state index contributed by atoms with van der Waals surface area (Å²) in [6.45, 7) is 0.437. The number of carbonyl (C=O) groups is 1. The molecule has 0 aliphatic carbocycles. The molecule has 2 N–H and O–H groups in total. The standard InChI is InChI=1S/C12H18N2O5S/c1-13-20(17,18)11-6-5-10(19-11)12(16)14-7-3-2-4-9(14)8-15/h5-6,9,13,15H,2-4,7-8H2,1H3. The summed E-state index contributed by atoms with van der Waals surface area (Å²) in [6.07, 6.45) is 2.57. The highest BCUT2D eigenvalue weighted by molar-refractivity contribution is 7.89. The van der Waals surface area contributed by atoms with Crippen LogP contribution in [0.5, 0.6) is 0 Å². The van der Waals surface area contributed by atoms with Crippen molar-refractivity contribution in [1.82, 2.24) is 9.62 Å². The lowest BCUT2D eigenvalue weighted by Crippen LogP contribution is -2.45. The van der Waals surface area contributed by atoms with E-state index >= 15 is 0 Å². The molecule has 0 bridgehead atoms. The average molecular weight is 302 g/mol. The predicted octanol–water partition coefficient (Wildman–Crippen LogP) is 0.175. The van der Waals surface area contributed by atoms with Gasteiger partial charge in [-0.3, -0.25) is 4.79 Å². The van der Waals surface area contributed by atoms with E-state index in [0.29, 0.717) is 6.54 Å². The molecule has 1 unspecified atom stereocenters. The summed E-state index contributed by atoms with van der Waals surface area (Å²) >= 11 is 0. The number of likely N-dealkylation sites (tertiary alicyclic amines) is 1. The van der Waals surface area contributed by atoms with Crippen molar-refractivity contribution in [1.29, 1.82) is 0 Å². The SMILES string of the molecule is CNS(=O)(=O)c1ccc(C(=O)N2CCCCC2CO)o1. The van der Waals surface area contributed by atoms with E-state index in [-0.39, 0.29) is 29.4 Å². The van der Waals surface area contributed by atoms with E-state index in [0.717, 1.165) is 19.3 Å². The number of sulfonamides is 1. The number of furan rings is 1. The van der Waals surface area contributed by atoms with Crippen LogP contribution in [0.1, 0.15) is 29.8 Å². The molecule has 0 spiro atoms. The van der Waals surface area contributed by atoms with Crippen LogP contribution in [-0.4, -0.2) is 50.6 Å². The number of aliphatic hydroxyl groups is 1. The van der Waals surface area contributed by atoms with Crippen molar-refractivity contribution in [2.45, 2.75) is 30.4 Å². The van der Waals surface area contributed by atoms with Gasteiger partial charge in [-0.05, 0) is 38.4 Å². The van der Waals surface area contributed by atoms with Gasteiger partial charge in [0.2, 0.25) is 5.09 Å². The third-order valence-corrected chi connectivity index (χ3v) is 4.71. The number of hydrogen-bond donors (Lipinski definition) is 2. The van der Waals surface area contributed by atoms with Crippen LogP contribution in [-0.2, 0) is 10.0 Å². The zero-order valence-electron chi connectivity index (χ0n) is 11.2.